The van der Waals surface area contributed by atoms with Gasteiger partial charge in [0.05, 0.1) is 11.7 Å². The molecule has 0 spiro atoms. The molecular weight excluding hydrogens is 228 g/mol. The largest absolute Gasteiger partial charge is 0.458 e. The van der Waals surface area contributed by atoms with Crippen molar-refractivity contribution < 1.29 is 14.3 Å². The fraction of sp³-hybridized carbons (Fsp3) is 0.667. The molecule has 2 saturated heterocycles. The Morgan fingerprint density at radius 1 is 1.50 bits per heavy atom. The number of carbonyl (C=O) groups is 1. The van der Waals surface area contributed by atoms with E-state index in [-0.39, 0.29) is 23.6 Å². The molecule has 3 heteroatoms. The zero-order valence-electron chi connectivity index (χ0n) is 11.1. The lowest BCUT2D eigenvalue weighted by molar-refractivity contribution is -0.139. The predicted molar refractivity (Wildman–Crippen MR) is 68.0 cm³/mol. The summed E-state index contributed by atoms with van der Waals surface area (Å²) in [6.45, 7) is 8.17. The third-order valence-corrected chi connectivity index (χ3v) is 4.58. The first-order chi connectivity index (χ1) is 8.49. The number of epoxide rings is 1. The van der Waals surface area contributed by atoms with Gasteiger partial charge in [0.2, 0.25) is 0 Å². The number of carbonyl (C=O) groups excluding carboxylic acids is 1. The first kappa shape index (κ1) is 12.0. The average Bonchev–Trinajstić information content (AvgIpc) is 2.88. The minimum Gasteiger partial charge on any atom is -0.458 e. The normalized spacial score (nSPS) is 46.6. The fourth-order valence-electron chi connectivity index (χ4n) is 3.17. The molecular formula is C15H20O3. The van der Waals surface area contributed by atoms with Crippen molar-refractivity contribution in [1.82, 2.24) is 0 Å². The Balaban J connectivity index is 1.86. The summed E-state index contributed by atoms with van der Waals surface area (Å²) >= 11 is 0. The van der Waals surface area contributed by atoms with Gasteiger partial charge in [-0.15, -0.1) is 0 Å². The molecule has 3 aliphatic rings. The van der Waals surface area contributed by atoms with Gasteiger partial charge in [0.25, 0.3) is 0 Å². The van der Waals surface area contributed by atoms with Crippen LogP contribution in [0.5, 0.6) is 0 Å². The SMILES string of the molecule is C=C1C(=O)O[C@H]2C[C@]3(C)O[C@@H]3CC/C(C)=C/C[C@H]12. The van der Waals surface area contributed by atoms with Gasteiger partial charge in [0.15, 0.2) is 0 Å². The first-order valence-electron chi connectivity index (χ1n) is 6.73. The third kappa shape index (κ3) is 1.91. The molecule has 0 aromatic carbocycles. The summed E-state index contributed by atoms with van der Waals surface area (Å²) in [7, 11) is 0. The molecule has 3 rings (SSSR count). The van der Waals surface area contributed by atoms with E-state index in [2.05, 4.69) is 26.5 Å². The van der Waals surface area contributed by atoms with Crippen LogP contribution < -0.4 is 0 Å². The number of esters is 1. The molecule has 0 aromatic heterocycles. The van der Waals surface area contributed by atoms with E-state index in [4.69, 9.17) is 9.47 Å². The quantitative estimate of drug-likeness (QED) is 0.286. The number of rotatable bonds is 0. The molecule has 0 radical (unpaired) electrons. The molecule has 0 saturated carbocycles. The number of ether oxygens (including phenoxy) is 2. The van der Waals surface area contributed by atoms with Gasteiger partial charge in [-0.05, 0) is 33.1 Å². The molecule has 98 valence electrons. The van der Waals surface area contributed by atoms with Crippen molar-refractivity contribution in [2.45, 2.75) is 57.3 Å². The highest BCUT2D eigenvalue weighted by atomic mass is 16.6. The Kier molecular flexibility index (Phi) is 2.63. The molecule has 0 N–H and O–H groups in total. The Labute approximate surface area is 108 Å². The number of hydrogen-bond acceptors (Lipinski definition) is 3. The van der Waals surface area contributed by atoms with Gasteiger partial charge in [-0.1, -0.05) is 18.2 Å². The summed E-state index contributed by atoms with van der Waals surface area (Å²) < 4.78 is 11.3. The van der Waals surface area contributed by atoms with Crippen molar-refractivity contribution in [2.24, 2.45) is 5.92 Å². The summed E-state index contributed by atoms with van der Waals surface area (Å²) in [4.78, 5) is 11.7. The molecule has 0 unspecified atom stereocenters. The van der Waals surface area contributed by atoms with Gasteiger partial charge in [0, 0.05) is 17.9 Å². The summed E-state index contributed by atoms with van der Waals surface area (Å²) in [5, 5.41) is 0. The smallest absolute Gasteiger partial charge is 0.334 e. The highest BCUT2D eigenvalue weighted by Crippen LogP contribution is 2.47. The van der Waals surface area contributed by atoms with Gasteiger partial charge < -0.3 is 9.47 Å². The van der Waals surface area contributed by atoms with Crippen LogP contribution in [0.1, 0.15) is 39.5 Å². The highest BCUT2D eigenvalue weighted by molar-refractivity contribution is 5.90. The van der Waals surface area contributed by atoms with Crippen LogP contribution in [0.25, 0.3) is 0 Å². The maximum absolute atomic E-state index is 11.7. The molecule has 2 fully saturated rings. The lowest BCUT2D eigenvalue weighted by Gasteiger charge is -2.20. The van der Waals surface area contributed by atoms with Gasteiger partial charge in [-0.25, -0.2) is 4.79 Å². The van der Waals surface area contributed by atoms with Gasteiger partial charge in [-0.2, -0.15) is 0 Å². The van der Waals surface area contributed by atoms with Gasteiger partial charge in [-0.3, -0.25) is 0 Å². The minimum absolute atomic E-state index is 0.0536. The van der Waals surface area contributed by atoms with E-state index in [1.54, 1.807) is 0 Å². The van der Waals surface area contributed by atoms with E-state index < -0.39 is 0 Å². The Morgan fingerprint density at radius 3 is 3.06 bits per heavy atom. The van der Waals surface area contributed by atoms with Crippen molar-refractivity contribution in [3.05, 3.63) is 23.8 Å². The predicted octanol–water partition coefficient (Wildman–Crippen LogP) is 2.76. The Morgan fingerprint density at radius 2 is 2.28 bits per heavy atom. The standard InChI is InChI=1S/C15H20O3/c1-9-4-6-11-10(2)14(16)17-12(11)8-15(3)13(18-15)7-5-9/h4,11-13H,2,5-8H2,1,3H3/b9-4+/t11-,12+,13-,15+/m1/s1. The van der Waals surface area contributed by atoms with Crippen LogP contribution in [0.3, 0.4) is 0 Å². The molecule has 2 heterocycles. The topological polar surface area (TPSA) is 38.8 Å². The lowest BCUT2D eigenvalue weighted by Crippen LogP contribution is -2.25. The maximum Gasteiger partial charge on any atom is 0.334 e. The fourth-order valence-corrected chi connectivity index (χ4v) is 3.17. The number of hydrogen-bond donors (Lipinski definition) is 0. The zero-order chi connectivity index (χ0) is 12.9. The molecule has 0 aromatic rings. The maximum atomic E-state index is 11.7. The van der Waals surface area contributed by atoms with Crippen molar-refractivity contribution in [3.63, 3.8) is 0 Å². The van der Waals surface area contributed by atoms with E-state index in [1.165, 1.54) is 5.57 Å². The van der Waals surface area contributed by atoms with Crippen LogP contribution in [0.15, 0.2) is 23.8 Å². The van der Waals surface area contributed by atoms with E-state index in [0.29, 0.717) is 11.7 Å². The number of allylic oxidation sites excluding steroid dienone is 2. The Hall–Kier alpha value is -1.09. The van der Waals surface area contributed by atoms with Crippen LogP contribution in [-0.4, -0.2) is 23.8 Å². The second kappa shape index (κ2) is 3.95. The summed E-state index contributed by atoms with van der Waals surface area (Å²) in [6, 6.07) is 0. The monoisotopic (exact) mass is 248 g/mol. The second-order valence-electron chi connectivity index (χ2n) is 6.02. The van der Waals surface area contributed by atoms with Crippen LogP contribution in [-0.2, 0) is 14.3 Å². The molecule has 1 aliphatic carbocycles. The van der Waals surface area contributed by atoms with Crippen LogP contribution in [0.2, 0.25) is 0 Å². The molecule has 3 nitrogen and oxygen atoms in total. The van der Waals surface area contributed by atoms with E-state index >= 15 is 0 Å². The minimum atomic E-state index is -0.226. The van der Waals surface area contributed by atoms with Crippen molar-refractivity contribution in [2.75, 3.05) is 0 Å². The van der Waals surface area contributed by atoms with E-state index in [9.17, 15) is 4.79 Å². The number of fused-ring (bicyclic) bond motifs is 2. The second-order valence-corrected chi connectivity index (χ2v) is 6.02. The summed E-state index contributed by atoms with van der Waals surface area (Å²) in [6.07, 6.45) is 6.33. The van der Waals surface area contributed by atoms with Gasteiger partial charge in [0.1, 0.15) is 6.10 Å². The summed E-state index contributed by atoms with van der Waals surface area (Å²) in [5.41, 5.74) is 1.91. The van der Waals surface area contributed by atoms with E-state index in [0.717, 1.165) is 25.7 Å². The molecule has 18 heavy (non-hydrogen) atoms. The molecule has 4 atom stereocenters. The van der Waals surface area contributed by atoms with Crippen LogP contribution in [0, 0.1) is 5.92 Å². The van der Waals surface area contributed by atoms with Crippen LogP contribution in [0.4, 0.5) is 0 Å². The third-order valence-electron chi connectivity index (χ3n) is 4.58. The van der Waals surface area contributed by atoms with Gasteiger partial charge >= 0.3 is 5.97 Å². The molecule has 0 bridgehead atoms. The zero-order valence-corrected chi connectivity index (χ0v) is 11.1. The summed E-state index contributed by atoms with van der Waals surface area (Å²) in [5.74, 6) is -0.0941. The van der Waals surface area contributed by atoms with Crippen molar-refractivity contribution >= 4 is 5.97 Å². The lowest BCUT2D eigenvalue weighted by atomic mass is 9.84. The highest BCUT2D eigenvalue weighted by Gasteiger charge is 2.55. The molecule has 0 amide bonds. The average molecular weight is 248 g/mol. The molecule has 2 aliphatic heterocycles. The van der Waals surface area contributed by atoms with E-state index in [1.807, 2.05) is 0 Å². The van der Waals surface area contributed by atoms with Crippen molar-refractivity contribution in [3.8, 4) is 0 Å². The first-order valence-corrected chi connectivity index (χ1v) is 6.73. The van der Waals surface area contributed by atoms with Crippen LogP contribution >= 0.6 is 0 Å². The van der Waals surface area contributed by atoms with Crippen molar-refractivity contribution in [1.29, 1.82) is 0 Å². The Bertz CT molecular complexity index is 437.